The zero-order chi connectivity index (χ0) is 11.4. The van der Waals surface area contributed by atoms with E-state index in [1.165, 1.54) is 0 Å². The van der Waals surface area contributed by atoms with Crippen LogP contribution in [0.4, 0.5) is 0 Å². The van der Waals surface area contributed by atoms with Crippen molar-refractivity contribution in [2.75, 3.05) is 31.1 Å². The molecule has 0 amide bonds. The maximum atomic E-state index is 11.3. The van der Waals surface area contributed by atoms with Crippen molar-refractivity contribution in [2.24, 2.45) is 5.73 Å². The van der Waals surface area contributed by atoms with Crippen LogP contribution in [-0.4, -0.2) is 45.2 Å². The summed E-state index contributed by atoms with van der Waals surface area (Å²) in [6.07, 6.45) is 1.79. The van der Waals surface area contributed by atoms with E-state index in [1.807, 2.05) is 18.2 Å². The van der Waals surface area contributed by atoms with Crippen LogP contribution < -0.4 is 5.73 Å². The number of pyridine rings is 1. The van der Waals surface area contributed by atoms with Gasteiger partial charge in [-0.3, -0.25) is 14.1 Å². The van der Waals surface area contributed by atoms with Crippen LogP contribution in [0.1, 0.15) is 11.7 Å². The van der Waals surface area contributed by atoms with Gasteiger partial charge in [-0.25, -0.2) is 0 Å². The van der Waals surface area contributed by atoms with Gasteiger partial charge in [-0.05, 0) is 12.1 Å². The lowest BCUT2D eigenvalue weighted by molar-refractivity contribution is 0.217. The number of hydrogen-bond acceptors (Lipinski definition) is 4. The molecule has 5 heteroatoms. The number of hydrogen-bond donors (Lipinski definition) is 1. The van der Waals surface area contributed by atoms with E-state index < -0.39 is 10.8 Å². The molecule has 4 nitrogen and oxygen atoms in total. The molecule has 0 saturated carbocycles. The maximum Gasteiger partial charge on any atom is 0.0645 e. The Bertz CT molecular complexity index is 348. The Balaban J connectivity index is 2.08. The van der Waals surface area contributed by atoms with Gasteiger partial charge in [0, 0.05) is 48.1 Å². The molecule has 1 aromatic rings. The molecule has 1 saturated heterocycles. The Labute approximate surface area is 98.3 Å². The lowest BCUT2D eigenvalue weighted by atomic mass is 10.1. The standard InChI is InChI=1S/C11H17N3OS/c12-9-11(10-3-1-2-4-13-10)14-5-7-16(15)8-6-14/h1-4,11H,5-9,12H2. The van der Waals surface area contributed by atoms with Crippen molar-refractivity contribution in [3.63, 3.8) is 0 Å². The molecule has 1 unspecified atom stereocenters. The normalized spacial score (nSPS) is 20.8. The molecule has 2 heterocycles. The van der Waals surface area contributed by atoms with E-state index in [0.29, 0.717) is 6.54 Å². The Kier molecular flexibility index (Phi) is 4.04. The Hall–Kier alpha value is -0.780. The molecule has 16 heavy (non-hydrogen) atoms. The highest BCUT2D eigenvalue weighted by Crippen LogP contribution is 2.18. The summed E-state index contributed by atoms with van der Waals surface area (Å²) < 4.78 is 11.3. The molecule has 0 aliphatic carbocycles. The van der Waals surface area contributed by atoms with Crippen molar-refractivity contribution in [3.8, 4) is 0 Å². The highest BCUT2D eigenvalue weighted by atomic mass is 32.2. The summed E-state index contributed by atoms with van der Waals surface area (Å²) in [4.78, 5) is 6.63. The van der Waals surface area contributed by atoms with Gasteiger partial charge in [0.1, 0.15) is 0 Å². The molecule has 1 aromatic heterocycles. The summed E-state index contributed by atoms with van der Waals surface area (Å²) in [5.74, 6) is 1.51. The summed E-state index contributed by atoms with van der Waals surface area (Å²) in [6.45, 7) is 2.26. The third-order valence-corrected chi connectivity index (χ3v) is 4.18. The summed E-state index contributed by atoms with van der Waals surface area (Å²) >= 11 is 0. The maximum absolute atomic E-state index is 11.3. The molecular formula is C11H17N3OS. The van der Waals surface area contributed by atoms with Crippen LogP contribution in [0, 0.1) is 0 Å². The molecule has 0 radical (unpaired) electrons. The molecule has 0 aromatic carbocycles. The van der Waals surface area contributed by atoms with Crippen LogP contribution in [0.15, 0.2) is 24.4 Å². The summed E-state index contributed by atoms with van der Waals surface area (Å²) in [5.41, 5.74) is 6.82. The Morgan fingerprint density at radius 3 is 2.75 bits per heavy atom. The van der Waals surface area contributed by atoms with E-state index in [0.717, 1.165) is 30.3 Å². The first-order valence-electron chi connectivity index (χ1n) is 5.51. The molecule has 0 spiro atoms. The minimum atomic E-state index is -0.639. The molecule has 1 aliphatic rings. The number of rotatable bonds is 3. The minimum Gasteiger partial charge on any atom is -0.329 e. The van der Waals surface area contributed by atoms with Crippen molar-refractivity contribution >= 4 is 10.8 Å². The smallest absolute Gasteiger partial charge is 0.0645 e. The predicted molar refractivity (Wildman–Crippen MR) is 65.5 cm³/mol. The van der Waals surface area contributed by atoms with Crippen LogP contribution in [0.25, 0.3) is 0 Å². The summed E-state index contributed by atoms with van der Waals surface area (Å²) in [5, 5.41) is 0. The Morgan fingerprint density at radius 1 is 1.44 bits per heavy atom. The van der Waals surface area contributed by atoms with Gasteiger partial charge in [-0.15, -0.1) is 0 Å². The van der Waals surface area contributed by atoms with Gasteiger partial charge in [0.25, 0.3) is 0 Å². The fraction of sp³-hybridized carbons (Fsp3) is 0.545. The third kappa shape index (κ3) is 2.66. The van der Waals surface area contributed by atoms with E-state index in [1.54, 1.807) is 6.20 Å². The highest BCUT2D eigenvalue weighted by Gasteiger charge is 2.23. The van der Waals surface area contributed by atoms with Crippen LogP contribution in [0.5, 0.6) is 0 Å². The summed E-state index contributed by atoms with van der Waals surface area (Å²) in [7, 11) is -0.639. The average Bonchev–Trinajstić information content (AvgIpc) is 2.34. The topological polar surface area (TPSA) is 59.2 Å². The van der Waals surface area contributed by atoms with Crippen LogP contribution in [0.3, 0.4) is 0 Å². The van der Waals surface area contributed by atoms with Crippen molar-refractivity contribution in [1.82, 2.24) is 9.88 Å². The lowest BCUT2D eigenvalue weighted by Gasteiger charge is -2.33. The second kappa shape index (κ2) is 5.52. The van der Waals surface area contributed by atoms with Crippen LogP contribution in [-0.2, 0) is 10.8 Å². The molecule has 88 valence electrons. The fourth-order valence-corrected chi connectivity index (χ4v) is 3.07. The van der Waals surface area contributed by atoms with Gasteiger partial charge in [0.05, 0.1) is 11.7 Å². The number of nitrogens with two attached hydrogens (primary N) is 1. The zero-order valence-corrected chi connectivity index (χ0v) is 10.0. The SMILES string of the molecule is NCC(c1ccccn1)N1CCS(=O)CC1. The number of nitrogens with zero attached hydrogens (tertiary/aromatic N) is 2. The van der Waals surface area contributed by atoms with Crippen LogP contribution in [0.2, 0.25) is 0 Å². The molecule has 2 rings (SSSR count). The van der Waals surface area contributed by atoms with Gasteiger partial charge < -0.3 is 5.73 Å². The summed E-state index contributed by atoms with van der Waals surface area (Å²) in [6, 6.07) is 6.05. The van der Waals surface area contributed by atoms with E-state index in [2.05, 4.69) is 9.88 Å². The van der Waals surface area contributed by atoms with Crippen LogP contribution >= 0.6 is 0 Å². The second-order valence-corrected chi connectivity index (χ2v) is 5.59. The third-order valence-electron chi connectivity index (χ3n) is 2.91. The van der Waals surface area contributed by atoms with E-state index in [4.69, 9.17) is 5.73 Å². The highest BCUT2D eigenvalue weighted by molar-refractivity contribution is 7.85. The largest absolute Gasteiger partial charge is 0.329 e. The first-order valence-corrected chi connectivity index (χ1v) is 7.00. The quantitative estimate of drug-likeness (QED) is 0.815. The van der Waals surface area contributed by atoms with E-state index in [9.17, 15) is 4.21 Å². The van der Waals surface area contributed by atoms with Gasteiger partial charge in [-0.2, -0.15) is 0 Å². The Morgan fingerprint density at radius 2 is 2.19 bits per heavy atom. The van der Waals surface area contributed by atoms with Crippen molar-refractivity contribution in [1.29, 1.82) is 0 Å². The van der Waals surface area contributed by atoms with Crippen molar-refractivity contribution in [2.45, 2.75) is 6.04 Å². The van der Waals surface area contributed by atoms with Gasteiger partial charge >= 0.3 is 0 Å². The van der Waals surface area contributed by atoms with E-state index >= 15 is 0 Å². The molecule has 0 bridgehead atoms. The fourth-order valence-electron chi connectivity index (χ4n) is 1.99. The predicted octanol–water partition coefficient (Wildman–Crippen LogP) is 0.146. The minimum absolute atomic E-state index is 0.165. The average molecular weight is 239 g/mol. The van der Waals surface area contributed by atoms with E-state index in [-0.39, 0.29) is 6.04 Å². The second-order valence-electron chi connectivity index (χ2n) is 3.89. The van der Waals surface area contributed by atoms with Gasteiger partial charge in [-0.1, -0.05) is 6.07 Å². The zero-order valence-electron chi connectivity index (χ0n) is 9.21. The van der Waals surface area contributed by atoms with Gasteiger partial charge in [0.15, 0.2) is 0 Å². The van der Waals surface area contributed by atoms with Crippen molar-refractivity contribution < 1.29 is 4.21 Å². The van der Waals surface area contributed by atoms with Crippen molar-refractivity contribution in [3.05, 3.63) is 30.1 Å². The molecular weight excluding hydrogens is 222 g/mol. The molecule has 1 atom stereocenters. The first kappa shape index (κ1) is 11.7. The first-order chi connectivity index (χ1) is 7.81. The number of aromatic nitrogens is 1. The molecule has 2 N–H and O–H groups in total. The monoisotopic (exact) mass is 239 g/mol. The lowest BCUT2D eigenvalue weighted by Crippen LogP contribution is -2.43. The molecule has 1 fully saturated rings. The van der Waals surface area contributed by atoms with Gasteiger partial charge in [0.2, 0.25) is 0 Å². The molecule has 1 aliphatic heterocycles.